The summed E-state index contributed by atoms with van der Waals surface area (Å²) in [5.41, 5.74) is 0. The Hall–Kier alpha value is -2.38. The maximum Gasteiger partial charge on any atom is 0.433 e. The molecule has 0 spiro atoms. The lowest BCUT2D eigenvalue weighted by Crippen LogP contribution is -2.45. The van der Waals surface area contributed by atoms with Crippen LogP contribution in [0.2, 0.25) is 0 Å². The Balaban J connectivity index is 1.89. The summed E-state index contributed by atoms with van der Waals surface area (Å²) in [6.07, 6.45) is 3.21. The molecule has 8 heteroatoms. The Morgan fingerprint density at radius 3 is 2.70 bits per heavy atom. The first-order valence-corrected chi connectivity index (χ1v) is 7.64. The number of furan rings is 1. The highest BCUT2D eigenvalue weighted by Gasteiger charge is 2.27. The molecule has 1 heterocycles. The predicted molar refractivity (Wildman–Crippen MR) is 79.8 cm³/mol. The molecule has 126 valence electrons. The summed E-state index contributed by atoms with van der Waals surface area (Å²) < 4.78 is 9.75. The van der Waals surface area contributed by atoms with Gasteiger partial charge in [-0.2, -0.15) is 0 Å². The van der Waals surface area contributed by atoms with Crippen molar-refractivity contribution in [3.63, 3.8) is 0 Å². The minimum atomic E-state index is -0.999. The van der Waals surface area contributed by atoms with E-state index in [4.69, 9.17) is 9.15 Å². The largest absolute Gasteiger partial charge is 0.447 e. The lowest BCUT2D eigenvalue weighted by molar-refractivity contribution is -0.402. The van der Waals surface area contributed by atoms with Crippen LogP contribution in [0.4, 0.5) is 5.88 Å². The van der Waals surface area contributed by atoms with E-state index in [1.165, 1.54) is 6.92 Å². The van der Waals surface area contributed by atoms with Gasteiger partial charge in [-0.3, -0.25) is 14.9 Å². The van der Waals surface area contributed by atoms with E-state index in [0.717, 1.165) is 37.8 Å². The fraction of sp³-hybridized carbons (Fsp3) is 0.600. The summed E-state index contributed by atoms with van der Waals surface area (Å²) in [7, 11) is 0. The van der Waals surface area contributed by atoms with E-state index >= 15 is 0 Å². The average Bonchev–Trinajstić information content (AvgIpc) is 2.99. The molecule has 0 aromatic carbocycles. The van der Waals surface area contributed by atoms with Crippen molar-refractivity contribution >= 4 is 17.8 Å². The second-order valence-corrected chi connectivity index (χ2v) is 5.82. The second-order valence-electron chi connectivity index (χ2n) is 5.82. The number of amides is 1. The zero-order chi connectivity index (χ0) is 17.0. The van der Waals surface area contributed by atoms with Gasteiger partial charge in [0, 0.05) is 6.04 Å². The van der Waals surface area contributed by atoms with E-state index in [-0.39, 0.29) is 17.7 Å². The van der Waals surface area contributed by atoms with Crippen LogP contribution in [0.15, 0.2) is 16.5 Å². The topological polar surface area (TPSA) is 112 Å². The molecule has 0 bridgehead atoms. The molecule has 3 atom stereocenters. The molecule has 2 rings (SSSR count). The third-order valence-corrected chi connectivity index (χ3v) is 4.07. The summed E-state index contributed by atoms with van der Waals surface area (Å²) in [4.78, 5) is 33.7. The van der Waals surface area contributed by atoms with Gasteiger partial charge < -0.3 is 14.5 Å². The van der Waals surface area contributed by atoms with Crippen molar-refractivity contribution in [2.75, 3.05) is 0 Å². The Morgan fingerprint density at radius 1 is 1.39 bits per heavy atom. The average molecular weight is 324 g/mol. The molecular weight excluding hydrogens is 304 g/mol. The van der Waals surface area contributed by atoms with Crippen molar-refractivity contribution in [1.29, 1.82) is 0 Å². The Morgan fingerprint density at radius 2 is 2.09 bits per heavy atom. The summed E-state index contributed by atoms with van der Waals surface area (Å²) in [5, 5.41) is 13.4. The molecule has 1 aromatic rings. The summed E-state index contributed by atoms with van der Waals surface area (Å²) >= 11 is 0. The number of nitrogens with one attached hydrogen (secondary N) is 1. The van der Waals surface area contributed by atoms with Crippen molar-refractivity contribution in [1.82, 2.24) is 5.32 Å². The molecule has 1 aromatic heterocycles. The molecule has 23 heavy (non-hydrogen) atoms. The highest BCUT2D eigenvalue weighted by Crippen LogP contribution is 2.24. The fourth-order valence-electron chi connectivity index (χ4n) is 2.64. The van der Waals surface area contributed by atoms with Crippen molar-refractivity contribution in [3.8, 4) is 0 Å². The third-order valence-electron chi connectivity index (χ3n) is 4.07. The zero-order valence-corrected chi connectivity index (χ0v) is 13.1. The van der Waals surface area contributed by atoms with Crippen molar-refractivity contribution < 1.29 is 23.7 Å². The molecule has 1 aliphatic rings. The first kappa shape index (κ1) is 17.0. The molecule has 1 amide bonds. The molecule has 1 aliphatic carbocycles. The predicted octanol–water partition coefficient (Wildman–Crippen LogP) is 2.43. The maximum absolute atomic E-state index is 12.1. The van der Waals surface area contributed by atoms with Crippen LogP contribution in [0.5, 0.6) is 0 Å². The van der Waals surface area contributed by atoms with Gasteiger partial charge in [0.05, 0.1) is 6.07 Å². The number of hydrogen-bond donors (Lipinski definition) is 1. The van der Waals surface area contributed by atoms with Gasteiger partial charge in [0.1, 0.15) is 4.92 Å². The van der Waals surface area contributed by atoms with Crippen LogP contribution in [0.25, 0.3) is 0 Å². The molecule has 0 unspecified atom stereocenters. The third kappa shape index (κ3) is 4.30. The van der Waals surface area contributed by atoms with Gasteiger partial charge in [-0.15, -0.1) is 0 Å². The van der Waals surface area contributed by atoms with Crippen molar-refractivity contribution in [3.05, 3.63) is 28.0 Å². The van der Waals surface area contributed by atoms with Gasteiger partial charge in [0.15, 0.2) is 6.10 Å². The summed E-state index contributed by atoms with van der Waals surface area (Å²) in [6.45, 7) is 3.54. The highest BCUT2D eigenvalue weighted by molar-refractivity contribution is 5.90. The number of ether oxygens (including phenoxy) is 1. The summed E-state index contributed by atoms with van der Waals surface area (Å²) in [5.74, 6) is -1.74. The molecule has 0 saturated heterocycles. The molecule has 1 saturated carbocycles. The van der Waals surface area contributed by atoms with Gasteiger partial charge >= 0.3 is 11.9 Å². The van der Waals surface area contributed by atoms with E-state index in [1.54, 1.807) is 0 Å². The number of nitro groups is 1. The van der Waals surface area contributed by atoms with Crippen LogP contribution in [0.3, 0.4) is 0 Å². The number of rotatable bonds is 5. The Kier molecular flexibility index (Phi) is 5.36. The minimum Gasteiger partial charge on any atom is -0.447 e. The monoisotopic (exact) mass is 324 g/mol. The van der Waals surface area contributed by atoms with E-state index < -0.39 is 22.9 Å². The molecule has 8 nitrogen and oxygen atoms in total. The number of esters is 1. The first-order valence-electron chi connectivity index (χ1n) is 7.64. The number of carbonyl (C=O) groups excluding carboxylic acids is 2. The van der Waals surface area contributed by atoms with E-state index in [9.17, 15) is 19.7 Å². The Labute approximate surface area is 133 Å². The Bertz CT molecular complexity index is 597. The fourth-order valence-corrected chi connectivity index (χ4v) is 2.64. The van der Waals surface area contributed by atoms with Crippen LogP contribution in [-0.2, 0) is 9.53 Å². The van der Waals surface area contributed by atoms with Crippen LogP contribution in [-0.4, -0.2) is 28.9 Å². The smallest absolute Gasteiger partial charge is 0.433 e. The van der Waals surface area contributed by atoms with E-state index in [0.29, 0.717) is 5.92 Å². The molecule has 1 fully saturated rings. The van der Waals surface area contributed by atoms with Crippen LogP contribution < -0.4 is 5.32 Å². The van der Waals surface area contributed by atoms with Gasteiger partial charge in [0.25, 0.3) is 5.91 Å². The van der Waals surface area contributed by atoms with E-state index in [1.807, 2.05) is 0 Å². The summed E-state index contributed by atoms with van der Waals surface area (Å²) in [6, 6.07) is 2.29. The number of hydrogen-bond acceptors (Lipinski definition) is 6. The highest BCUT2D eigenvalue weighted by atomic mass is 16.7. The zero-order valence-electron chi connectivity index (χ0n) is 13.1. The first-order chi connectivity index (χ1) is 10.9. The minimum absolute atomic E-state index is 0.0853. The van der Waals surface area contributed by atoms with Gasteiger partial charge in [-0.05, 0) is 31.7 Å². The second kappa shape index (κ2) is 7.26. The molecular formula is C15H20N2O6. The molecule has 0 radical (unpaired) electrons. The molecule has 1 N–H and O–H groups in total. The lowest BCUT2D eigenvalue weighted by atomic mass is 9.86. The van der Waals surface area contributed by atoms with E-state index in [2.05, 4.69) is 12.2 Å². The molecule has 0 aliphatic heterocycles. The lowest BCUT2D eigenvalue weighted by Gasteiger charge is -2.30. The maximum atomic E-state index is 12.1. The number of carbonyl (C=O) groups is 2. The quantitative estimate of drug-likeness (QED) is 0.506. The van der Waals surface area contributed by atoms with Crippen molar-refractivity contribution in [2.24, 2.45) is 5.92 Å². The van der Waals surface area contributed by atoms with Crippen LogP contribution in [0, 0.1) is 16.0 Å². The van der Waals surface area contributed by atoms with Crippen LogP contribution in [0.1, 0.15) is 50.1 Å². The van der Waals surface area contributed by atoms with Crippen molar-refractivity contribution in [2.45, 2.75) is 51.7 Å². The number of nitrogens with zero attached hydrogens (tertiary/aromatic N) is 1. The SMILES string of the molecule is C[C@H](OC(=O)c1ccc([N+](=O)[O-])o1)C(=O)N[C@@H]1CCCC[C@H]1C. The normalized spacial score (nSPS) is 22.2. The van der Waals surface area contributed by atoms with Gasteiger partial charge in [0.2, 0.25) is 5.76 Å². The standard InChI is InChI=1S/C15H20N2O6/c1-9-5-3-4-6-11(9)16-14(18)10(2)22-15(19)12-7-8-13(23-12)17(20)21/h7-11H,3-6H2,1-2H3,(H,16,18)/t9-,10+,11-/m1/s1. The van der Waals surface area contributed by atoms with Crippen LogP contribution >= 0.6 is 0 Å². The van der Waals surface area contributed by atoms with Gasteiger partial charge in [-0.1, -0.05) is 19.8 Å². The van der Waals surface area contributed by atoms with Gasteiger partial charge in [-0.25, -0.2) is 4.79 Å².